The van der Waals surface area contributed by atoms with Crippen molar-refractivity contribution in [3.8, 4) is 11.4 Å². The third-order valence-corrected chi connectivity index (χ3v) is 4.06. The molecule has 2 heterocycles. The number of fused-ring (bicyclic) bond motifs is 1. The summed E-state index contributed by atoms with van der Waals surface area (Å²) < 4.78 is 7.12. The Morgan fingerprint density at radius 1 is 1.23 bits per heavy atom. The van der Waals surface area contributed by atoms with Gasteiger partial charge in [0.15, 0.2) is 0 Å². The summed E-state index contributed by atoms with van der Waals surface area (Å²) >= 11 is 0. The molecule has 22 heavy (non-hydrogen) atoms. The number of rotatable bonds is 4. The molecule has 0 unspecified atom stereocenters. The van der Waals surface area contributed by atoms with E-state index in [1.165, 1.54) is 11.1 Å². The Bertz CT molecular complexity index is 768. The van der Waals surface area contributed by atoms with E-state index in [-0.39, 0.29) is 12.5 Å². The summed E-state index contributed by atoms with van der Waals surface area (Å²) in [5.41, 5.74) is 3.53. The summed E-state index contributed by atoms with van der Waals surface area (Å²) in [4.78, 5) is 4.53. The molecule has 6 nitrogen and oxygen atoms in total. The quantitative estimate of drug-likeness (QED) is 0.794. The largest absolute Gasteiger partial charge is 0.394 e. The molecule has 1 aliphatic carbocycles. The summed E-state index contributed by atoms with van der Waals surface area (Å²) in [6.07, 6.45) is 5.39. The van der Waals surface area contributed by atoms with Crippen molar-refractivity contribution in [1.82, 2.24) is 19.9 Å². The number of aliphatic hydroxyl groups is 1. The van der Waals surface area contributed by atoms with Crippen molar-refractivity contribution in [3.63, 3.8) is 0 Å². The second-order valence-electron chi connectivity index (χ2n) is 5.55. The topological polar surface area (TPSA) is 77.0 Å². The molecule has 0 bridgehead atoms. The van der Waals surface area contributed by atoms with E-state index in [4.69, 9.17) is 9.63 Å². The summed E-state index contributed by atoms with van der Waals surface area (Å²) in [6, 6.07) is 8.45. The van der Waals surface area contributed by atoms with Gasteiger partial charge in [-0.1, -0.05) is 29.4 Å². The molecule has 4 rings (SSSR count). The van der Waals surface area contributed by atoms with Crippen LogP contribution in [-0.4, -0.2) is 31.6 Å². The molecule has 1 aliphatic rings. The number of nitrogens with zero attached hydrogens (tertiary/aromatic N) is 4. The first-order valence-corrected chi connectivity index (χ1v) is 7.37. The maximum atomic E-state index is 8.92. The van der Waals surface area contributed by atoms with E-state index in [0.29, 0.717) is 18.3 Å². The lowest BCUT2D eigenvalue weighted by Gasteiger charge is -2.00. The predicted octanol–water partition coefficient (Wildman–Crippen LogP) is 1.81. The number of benzene rings is 1. The van der Waals surface area contributed by atoms with Crippen LogP contribution in [-0.2, 0) is 19.4 Å². The Balaban J connectivity index is 1.55. The second-order valence-corrected chi connectivity index (χ2v) is 5.55. The van der Waals surface area contributed by atoms with Crippen molar-refractivity contribution in [2.24, 2.45) is 0 Å². The Morgan fingerprint density at radius 2 is 2.00 bits per heavy atom. The first-order chi connectivity index (χ1) is 10.8. The van der Waals surface area contributed by atoms with Gasteiger partial charge in [0, 0.05) is 12.1 Å². The van der Waals surface area contributed by atoms with Gasteiger partial charge in [-0.2, -0.15) is 10.1 Å². The summed E-state index contributed by atoms with van der Waals surface area (Å²) in [5.74, 6) is 1.49. The highest BCUT2D eigenvalue weighted by Crippen LogP contribution is 2.33. The van der Waals surface area contributed by atoms with E-state index < -0.39 is 0 Å². The molecule has 0 saturated heterocycles. The minimum atomic E-state index is 0.0545. The van der Waals surface area contributed by atoms with Crippen LogP contribution in [0.4, 0.5) is 0 Å². The number of aliphatic hydroxyl groups excluding tert-OH is 1. The van der Waals surface area contributed by atoms with E-state index in [9.17, 15) is 0 Å². The summed E-state index contributed by atoms with van der Waals surface area (Å²) in [7, 11) is 0. The molecule has 112 valence electrons. The molecule has 3 aromatic rings. The second kappa shape index (κ2) is 5.38. The maximum absolute atomic E-state index is 8.92. The molecule has 0 amide bonds. The average Bonchev–Trinajstić information content (AvgIpc) is 3.25. The fourth-order valence-corrected chi connectivity index (χ4v) is 2.96. The summed E-state index contributed by atoms with van der Waals surface area (Å²) in [5, 5.41) is 17.1. The lowest BCUT2D eigenvalue weighted by Crippen LogP contribution is -2.01. The van der Waals surface area contributed by atoms with Crippen molar-refractivity contribution in [2.45, 2.75) is 25.3 Å². The Morgan fingerprint density at radius 3 is 2.73 bits per heavy atom. The monoisotopic (exact) mass is 296 g/mol. The Hall–Kier alpha value is -2.47. The Labute approximate surface area is 127 Å². The smallest absolute Gasteiger partial charge is 0.230 e. The molecule has 0 radical (unpaired) electrons. The number of hydrogen-bond donors (Lipinski definition) is 1. The molecule has 1 aromatic carbocycles. The molecule has 2 aromatic heterocycles. The molecule has 0 spiro atoms. The van der Waals surface area contributed by atoms with Crippen LogP contribution in [0.1, 0.15) is 22.9 Å². The van der Waals surface area contributed by atoms with Gasteiger partial charge in [0.1, 0.15) is 0 Å². The van der Waals surface area contributed by atoms with Gasteiger partial charge in [0.2, 0.25) is 11.7 Å². The molecule has 0 aliphatic heterocycles. The maximum Gasteiger partial charge on any atom is 0.230 e. The first-order valence-electron chi connectivity index (χ1n) is 7.37. The van der Waals surface area contributed by atoms with Gasteiger partial charge in [0.05, 0.1) is 24.9 Å². The van der Waals surface area contributed by atoms with Crippen molar-refractivity contribution in [3.05, 3.63) is 53.7 Å². The minimum absolute atomic E-state index is 0.0545. The van der Waals surface area contributed by atoms with E-state index in [0.717, 1.165) is 18.4 Å². The fourth-order valence-electron chi connectivity index (χ4n) is 2.96. The van der Waals surface area contributed by atoms with Crippen LogP contribution in [0.5, 0.6) is 0 Å². The van der Waals surface area contributed by atoms with Crippen molar-refractivity contribution in [2.75, 3.05) is 6.61 Å². The van der Waals surface area contributed by atoms with Crippen molar-refractivity contribution < 1.29 is 9.63 Å². The van der Waals surface area contributed by atoms with Gasteiger partial charge in [-0.25, -0.2) is 0 Å². The normalized spacial score (nSPS) is 14.4. The zero-order valence-corrected chi connectivity index (χ0v) is 12.0. The highest BCUT2D eigenvalue weighted by Gasteiger charge is 2.27. The molecular formula is C16H16N4O2. The van der Waals surface area contributed by atoms with E-state index in [1.807, 2.05) is 6.20 Å². The van der Waals surface area contributed by atoms with Gasteiger partial charge < -0.3 is 9.63 Å². The SMILES string of the molecule is OCCn1cc(-c2noc(C3Cc4ccccc4C3)n2)cn1. The molecule has 6 heteroatoms. The molecular weight excluding hydrogens is 280 g/mol. The van der Waals surface area contributed by atoms with Gasteiger partial charge in [-0.3, -0.25) is 4.68 Å². The highest BCUT2D eigenvalue weighted by molar-refractivity contribution is 5.51. The third kappa shape index (κ3) is 2.31. The van der Waals surface area contributed by atoms with E-state index >= 15 is 0 Å². The van der Waals surface area contributed by atoms with Gasteiger partial charge in [-0.05, 0) is 24.0 Å². The van der Waals surface area contributed by atoms with Crippen LogP contribution in [0.15, 0.2) is 41.2 Å². The van der Waals surface area contributed by atoms with Crippen LogP contribution in [0.25, 0.3) is 11.4 Å². The van der Waals surface area contributed by atoms with Crippen LogP contribution >= 0.6 is 0 Å². The van der Waals surface area contributed by atoms with E-state index in [1.54, 1.807) is 10.9 Å². The minimum Gasteiger partial charge on any atom is -0.394 e. The van der Waals surface area contributed by atoms with Crippen molar-refractivity contribution >= 4 is 0 Å². The summed E-state index contributed by atoms with van der Waals surface area (Å²) in [6.45, 7) is 0.515. The van der Waals surface area contributed by atoms with Crippen LogP contribution in [0, 0.1) is 0 Å². The first kappa shape index (κ1) is 13.2. The highest BCUT2D eigenvalue weighted by atomic mass is 16.5. The van der Waals surface area contributed by atoms with E-state index in [2.05, 4.69) is 39.5 Å². The van der Waals surface area contributed by atoms with Crippen LogP contribution < -0.4 is 0 Å². The lowest BCUT2D eigenvalue weighted by atomic mass is 10.1. The number of hydrogen-bond acceptors (Lipinski definition) is 5. The van der Waals surface area contributed by atoms with Gasteiger partial charge in [-0.15, -0.1) is 0 Å². The molecule has 0 saturated carbocycles. The predicted molar refractivity (Wildman–Crippen MR) is 79.2 cm³/mol. The lowest BCUT2D eigenvalue weighted by molar-refractivity contribution is 0.269. The zero-order chi connectivity index (χ0) is 14.9. The van der Waals surface area contributed by atoms with Crippen LogP contribution in [0.2, 0.25) is 0 Å². The average molecular weight is 296 g/mol. The third-order valence-electron chi connectivity index (χ3n) is 4.06. The fraction of sp³-hybridized carbons (Fsp3) is 0.312. The van der Waals surface area contributed by atoms with Gasteiger partial charge in [0.25, 0.3) is 0 Å². The zero-order valence-electron chi connectivity index (χ0n) is 12.0. The van der Waals surface area contributed by atoms with Crippen molar-refractivity contribution in [1.29, 1.82) is 0 Å². The molecule has 0 fully saturated rings. The van der Waals surface area contributed by atoms with Crippen LogP contribution in [0.3, 0.4) is 0 Å². The molecule has 1 N–H and O–H groups in total. The molecule has 0 atom stereocenters. The Kier molecular flexibility index (Phi) is 3.23. The number of aromatic nitrogens is 4. The standard InChI is InChI=1S/C16H16N4O2/c21-6-5-20-10-14(9-17-20)15-18-16(22-19-15)13-7-11-3-1-2-4-12(11)8-13/h1-4,9-10,13,21H,5-8H2. The van der Waals surface area contributed by atoms with Gasteiger partial charge >= 0.3 is 0 Å².